The number of rotatable bonds is 10. The second kappa shape index (κ2) is 21.6. The van der Waals surface area contributed by atoms with E-state index >= 15 is 0 Å². The van der Waals surface area contributed by atoms with Gasteiger partial charge in [0.05, 0.1) is 0 Å². The average Bonchev–Trinajstić information content (AvgIpc) is 1.88. The van der Waals surface area contributed by atoms with Gasteiger partial charge in [0.15, 0.2) is 0 Å². The smallest absolute Gasteiger partial charge is 0.0361 e. The third-order valence-corrected chi connectivity index (χ3v) is 21.3. The Hall–Kier alpha value is -9.31. The first-order valence-electron chi connectivity index (χ1n) is 30.4. The molecule has 3 unspecified atom stereocenters. The average molecular weight is 1140 g/mol. The lowest BCUT2D eigenvalue weighted by Crippen LogP contribution is -2.34. The third kappa shape index (κ3) is 8.56. The molecule has 11 aromatic rings. The maximum Gasteiger partial charge on any atom is 0.0361 e. The molecule has 2 heterocycles. The molecule has 0 N–H and O–H groups in total. The number of allylic oxidation sites excluding steroid dienone is 11. The van der Waals surface area contributed by atoms with Gasteiger partial charge in [-0.2, -0.15) is 0 Å². The SMILES string of the molecule is C=Cc1c(/C=C\C)c(-c2ccc3c4c(sc3c2)=CCC2C=4C=CC3Sc4cc(/C(=C5\C=CC=CC5)c5ccccc5C(=C)c5ccccc5-c5cccc6ccccc56)ccc4C32)c2ccccc2c1C1=C(c2cccc3ccccc23)C=CCC1. The number of hydrogen-bond donors (Lipinski definition) is 0. The molecule has 4 aliphatic carbocycles. The minimum atomic E-state index is 0.371. The minimum absolute atomic E-state index is 0.371. The van der Waals surface area contributed by atoms with Crippen LogP contribution in [0, 0.1) is 5.92 Å². The van der Waals surface area contributed by atoms with E-state index in [1.165, 1.54) is 146 Å². The van der Waals surface area contributed by atoms with Crippen LogP contribution in [0.5, 0.6) is 0 Å². The van der Waals surface area contributed by atoms with Gasteiger partial charge >= 0.3 is 0 Å². The Bertz CT molecular complexity index is 5080. The van der Waals surface area contributed by atoms with Gasteiger partial charge in [0.1, 0.15) is 0 Å². The van der Waals surface area contributed by atoms with E-state index in [2.05, 4.69) is 292 Å². The summed E-state index contributed by atoms with van der Waals surface area (Å²) < 4.78 is 2.74. The van der Waals surface area contributed by atoms with Crippen molar-refractivity contribution >= 4 is 112 Å². The molecular formula is C84H62S2. The van der Waals surface area contributed by atoms with Gasteiger partial charge in [-0.15, -0.1) is 23.1 Å². The summed E-state index contributed by atoms with van der Waals surface area (Å²) in [7, 11) is 0. The van der Waals surface area contributed by atoms with E-state index < -0.39 is 0 Å². The van der Waals surface area contributed by atoms with Gasteiger partial charge in [0.25, 0.3) is 0 Å². The van der Waals surface area contributed by atoms with Crippen molar-refractivity contribution in [3.05, 3.63) is 327 Å². The van der Waals surface area contributed by atoms with Crippen molar-refractivity contribution < 1.29 is 0 Å². The van der Waals surface area contributed by atoms with Crippen molar-refractivity contribution in [3.8, 4) is 22.3 Å². The predicted octanol–water partition coefficient (Wildman–Crippen LogP) is 21.8. The molecule has 410 valence electrons. The highest BCUT2D eigenvalue weighted by atomic mass is 32.2. The van der Waals surface area contributed by atoms with E-state index in [9.17, 15) is 0 Å². The first-order valence-corrected chi connectivity index (χ1v) is 32.1. The summed E-state index contributed by atoms with van der Waals surface area (Å²) in [4.78, 5) is 1.40. The molecular weight excluding hydrogens is 1070 g/mol. The summed E-state index contributed by atoms with van der Waals surface area (Å²) in [6.07, 6.45) is 31.8. The Balaban J connectivity index is 0.772. The molecule has 0 saturated carbocycles. The third-order valence-electron chi connectivity index (χ3n) is 18.9. The van der Waals surface area contributed by atoms with Crippen LogP contribution in [0.4, 0.5) is 0 Å². The van der Waals surface area contributed by atoms with Crippen LogP contribution < -0.4 is 9.75 Å². The Morgan fingerprint density at radius 3 is 2.07 bits per heavy atom. The zero-order valence-corrected chi connectivity index (χ0v) is 49.8. The van der Waals surface area contributed by atoms with Gasteiger partial charge in [-0.1, -0.05) is 268 Å². The normalized spacial score (nSPS) is 18.2. The lowest BCUT2D eigenvalue weighted by atomic mass is 9.72. The van der Waals surface area contributed by atoms with Crippen LogP contribution in [-0.2, 0) is 0 Å². The van der Waals surface area contributed by atoms with Gasteiger partial charge in [0.2, 0.25) is 0 Å². The molecule has 0 spiro atoms. The minimum Gasteiger partial charge on any atom is -0.135 e. The Morgan fingerprint density at radius 1 is 0.593 bits per heavy atom. The van der Waals surface area contributed by atoms with Crippen LogP contribution in [0.3, 0.4) is 0 Å². The molecule has 1 aliphatic heterocycles. The highest BCUT2D eigenvalue weighted by molar-refractivity contribution is 8.00. The molecule has 86 heavy (non-hydrogen) atoms. The number of thioether (sulfide) groups is 1. The van der Waals surface area contributed by atoms with Crippen molar-refractivity contribution in [2.45, 2.75) is 48.7 Å². The Kier molecular flexibility index (Phi) is 13.1. The molecule has 0 radical (unpaired) electrons. The lowest BCUT2D eigenvalue weighted by Gasteiger charge is -2.33. The fourth-order valence-corrected chi connectivity index (χ4v) is 17.8. The molecule has 2 heteroatoms. The monoisotopic (exact) mass is 1130 g/mol. The van der Waals surface area contributed by atoms with E-state index in [0.29, 0.717) is 17.1 Å². The fourth-order valence-electron chi connectivity index (χ4n) is 15.1. The van der Waals surface area contributed by atoms with Crippen LogP contribution in [0.25, 0.3) is 111 Å². The van der Waals surface area contributed by atoms with Crippen molar-refractivity contribution in [3.63, 3.8) is 0 Å². The van der Waals surface area contributed by atoms with Crippen molar-refractivity contribution in [1.29, 1.82) is 0 Å². The maximum absolute atomic E-state index is 4.92. The van der Waals surface area contributed by atoms with E-state index in [1.54, 1.807) is 0 Å². The van der Waals surface area contributed by atoms with E-state index in [-0.39, 0.29) is 0 Å². The predicted molar refractivity (Wildman–Crippen MR) is 375 cm³/mol. The van der Waals surface area contributed by atoms with Crippen molar-refractivity contribution in [2.24, 2.45) is 5.92 Å². The highest BCUT2D eigenvalue weighted by Crippen LogP contribution is 2.56. The Morgan fingerprint density at radius 2 is 1.29 bits per heavy atom. The molecule has 0 saturated heterocycles. The fraction of sp³-hybridized carbons (Fsp3) is 0.0952. The summed E-state index contributed by atoms with van der Waals surface area (Å²) in [6, 6.07) is 72.5. The summed E-state index contributed by atoms with van der Waals surface area (Å²) in [5, 5.41) is 10.7. The van der Waals surface area contributed by atoms with Gasteiger partial charge in [-0.3, -0.25) is 0 Å². The summed E-state index contributed by atoms with van der Waals surface area (Å²) in [5.74, 6) is 0.774. The first-order chi connectivity index (χ1) is 42.5. The molecule has 16 rings (SSSR count). The number of thiophene rings is 1. The van der Waals surface area contributed by atoms with Crippen LogP contribution in [0.15, 0.2) is 272 Å². The second-order valence-electron chi connectivity index (χ2n) is 23.4. The molecule has 0 nitrogen and oxygen atoms in total. The highest BCUT2D eigenvalue weighted by Gasteiger charge is 2.42. The first kappa shape index (κ1) is 52.3. The number of fused-ring (bicyclic) bond motifs is 11. The van der Waals surface area contributed by atoms with E-state index in [1.807, 2.05) is 11.3 Å². The molecule has 5 aliphatic rings. The van der Waals surface area contributed by atoms with Crippen LogP contribution in [0.1, 0.15) is 88.6 Å². The number of hydrogen-bond acceptors (Lipinski definition) is 2. The van der Waals surface area contributed by atoms with E-state index in [0.717, 1.165) is 42.4 Å². The van der Waals surface area contributed by atoms with Crippen LogP contribution in [0.2, 0.25) is 0 Å². The molecule has 0 fully saturated rings. The van der Waals surface area contributed by atoms with Gasteiger partial charge < -0.3 is 0 Å². The van der Waals surface area contributed by atoms with E-state index in [4.69, 9.17) is 6.58 Å². The van der Waals surface area contributed by atoms with Crippen LogP contribution in [-0.4, -0.2) is 5.25 Å². The van der Waals surface area contributed by atoms with Crippen LogP contribution >= 0.6 is 23.1 Å². The molecule has 10 aromatic carbocycles. The summed E-state index contributed by atoms with van der Waals surface area (Å²) in [5.41, 5.74) is 24.0. The zero-order chi connectivity index (χ0) is 57.4. The van der Waals surface area contributed by atoms with Crippen molar-refractivity contribution in [1.82, 2.24) is 0 Å². The van der Waals surface area contributed by atoms with Crippen molar-refractivity contribution in [2.75, 3.05) is 0 Å². The largest absolute Gasteiger partial charge is 0.135 e. The molecule has 0 amide bonds. The molecule has 0 bridgehead atoms. The molecule has 1 aromatic heterocycles. The Labute approximate surface area is 512 Å². The quantitative estimate of drug-likeness (QED) is 0.132. The summed E-state index contributed by atoms with van der Waals surface area (Å²) >= 11 is 4.02. The molecule has 3 atom stereocenters. The topological polar surface area (TPSA) is 0 Å². The maximum atomic E-state index is 4.92. The lowest BCUT2D eigenvalue weighted by molar-refractivity contribution is 0.538. The van der Waals surface area contributed by atoms with Gasteiger partial charge in [-0.05, 0) is 189 Å². The second-order valence-corrected chi connectivity index (χ2v) is 25.8. The summed E-state index contributed by atoms with van der Waals surface area (Å²) in [6.45, 7) is 11.6. The standard InChI is InChI=1S/C84H62S2/c1-4-23-67-58(5-2)82(69-37-18-16-35-66(69)65-41-22-29-54-25-10-12-33-62(54)65)71-39-20-19-38-70(71)81(67)57-43-45-75-79(51-57)86-77-49-47-72-73(84(75)77)46-48-76-83(72)74-44-42-56(50-78(74)85-76)80(55-26-7-6-8-27-55)68-36-17-14-31-60(68)52(3)59-30-13-15-34-63(59)64-40-21-28-53-24-9-11-32-61(53)64/h4-17,19-26,28-36,38-46,48-51,72,76,83H,2-3,18,27,37,47H2,1H3/b23-4-,80-55-. The zero-order valence-electron chi connectivity index (χ0n) is 48.2. The number of benzene rings is 10. The van der Waals surface area contributed by atoms with Gasteiger partial charge in [0, 0.05) is 35.9 Å². The van der Waals surface area contributed by atoms with Gasteiger partial charge in [-0.25, -0.2) is 0 Å².